The van der Waals surface area contributed by atoms with Crippen molar-refractivity contribution in [3.05, 3.63) is 54.3 Å². The van der Waals surface area contributed by atoms with Crippen molar-refractivity contribution < 1.29 is 22.4 Å². The van der Waals surface area contributed by atoms with Gasteiger partial charge in [-0.15, -0.1) is 11.3 Å². The van der Waals surface area contributed by atoms with Gasteiger partial charge in [-0.05, 0) is 56.1 Å². The molecule has 106 valence electrons. The minimum Gasteiger partial charge on any atom is -0.288 e. The second kappa shape index (κ2) is 5.57. The van der Waals surface area contributed by atoms with Gasteiger partial charge < -0.3 is 0 Å². The lowest BCUT2D eigenvalue weighted by molar-refractivity contribution is -0.137. The van der Waals surface area contributed by atoms with Gasteiger partial charge in [-0.2, -0.15) is 13.2 Å². The van der Waals surface area contributed by atoms with Gasteiger partial charge in [0, 0.05) is 5.56 Å². The van der Waals surface area contributed by atoms with E-state index in [0.29, 0.717) is 25.8 Å². The van der Waals surface area contributed by atoms with E-state index in [1.54, 1.807) is 0 Å². The Labute approximate surface area is 131 Å². The lowest BCUT2D eigenvalue weighted by atomic mass is 10.0. The Bertz CT molecular complexity index is 679. The SMILES string of the molecule is O=C(c1cc(C(F)(F)F)ccc1F)c1cc(Br)sc1Br. The van der Waals surface area contributed by atoms with Crippen LogP contribution in [0.5, 0.6) is 0 Å². The molecule has 0 aliphatic carbocycles. The molecule has 1 heterocycles. The summed E-state index contributed by atoms with van der Waals surface area (Å²) in [5.41, 5.74) is -1.56. The van der Waals surface area contributed by atoms with Gasteiger partial charge in [-0.1, -0.05) is 0 Å². The van der Waals surface area contributed by atoms with Crippen molar-refractivity contribution >= 4 is 49.0 Å². The molecule has 20 heavy (non-hydrogen) atoms. The Morgan fingerprint density at radius 2 is 1.75 bits per heavy atom. The van der Waals surface area contributed by atoms with Gasteiger partial charge in [-0.3, -0.25) is 4.79 Å². The number of benzene rings is 1. The fourth-order valence-electron chi connectivity index (χ4n) is 1.52. The highest BCUT2D eigenvalue weighted by atomic mass is 79.9. The fraction of sp³-hybridized carbons (Fsp3) is 0.0833. The van der Waals surface area contributed by atoms with E-state index >= 15 is 0 Å². The quantitative estimate of drug-likeness (QED) is 0.442. The molecule has 0 amide bonds. The van der Waals surface area contributed by atoms with E-state index in [-0.39, 0.29) is 5.56 Å². The largest absolute Gasteiger partial charge is 0.416 e. The Morgan fingerprint density at radius 1 is 1.10 bits per heavy atom. The summed E-state index contributed by atoms with van der Waals surface area (Å²) >= 11 is 7.45. The maximum absolute atomic E-state index is 13.6. The van der Waals surface area contributed by atoms with Crippen molar-refractivity contribution in [2.45, 2.75) is 6.18 Å². The topological polar surface area (TPSA) is 17.1 Å². The van der Waals surface area contributed by atoms with Crippen LogP contribution in [0.25, 0.3) is 0 Å². The van der Waals surface area contributed by atoms with Crippen LogP contribution in [-0.4, -0.2) is 5.78 Å². The summed E-state index contributed by atoms with van der Waals surface area (Å²) in [4.78, 5) is 12.1. The number of alkyl halides is 3. The zero-order valence-electron chi connectivity index (χ0n) is 9.39. The van der Waals surface area contributed by atoms with Gasteiger partial charge in [0.2, 0.25) is 0 Å². The molecule has 2 rings (SSSR count). The first-order valence-corrected chi connectivity index (χ1v) is 7.46. The number of ketones is 1. The monoisotopic (exact) mass is 430 g/mol. The van der Waals surface area contributed by atoms with E-state index in [9.17, 15) is 22.4 Å². The first-order valence-electron chi connectivity index (χ1n) is 5.06. The van der Waals surface area contributed by atoms with Gasteiger partial charge in [0.1, 0.15) is 5.82 Å². The highest BCUT2D eigenvalue weighted by Crippen LogP contribution is 2.35. The molecular weight excluding hydrogens is 428 g/mol. The van der Waals surface area contributed by atoms with Gasteiger partial charge in [0.15, 0.2) is 5.78 Å². The second-order valence-electron chi connectivity index (χ2n) is 3.76. The lowest BCUT2D eigenvalue weighted by Gasteiger charge is -2.09. The Hall–Kier alpha value is -0.730. The van der Waals surface area contributed by atoms with Gasteiger partial charge in [0.25, 0.3) is 0 Å². The van der Waals surface area contributed by atoms with Crippen LogP contribution >= 0.6 is 43.2 Å². The van der Waals surface area contributed by atoms with Crippen molar-refractivity contribution in [3.63, 3.8) is 0 Å². The lowest BCUT2D eigenvalue weighted by Crippen LogP contribution is -2.10. The van der Waals surface area contributed by atoms with Gasteiger partial charge in [0.05, 0.1) is 18.7 Å². The van der Waals surface area contributed by atoms with Crippen molar-refractivity contribution in [1.29, 1.82) is 0 Å². The van der Waals surface area contributed by atoms with E-state index in [2.05, 4.69) is 31.9 Å². The van der Waals surface area contributed by atoms with Crippen molar-refractivity contribution in [3.8, 4) is 0 Å². The first kappa shape index (κ1) is 15.7. The highest BCUT2D eigenvalue weighted by Gasteiger charge is 2.32. The second-order valence-corrected chi connectivity index (χ2v) is 7.51. The Balaban J connectivity index is 2.52. The average Bonchev–Trinajstić information content (AvgIpc) is 2.66. The molecule has 2 aromatic rings. The molecule has 1 nitrogen and oxygen atoms in total. The summed E-state index contributed by atoms with van der Waals surface area (Å²) in [6.07, 6.45) is -4.63. The highest BCUT2D eigenvalue weighted by molar-refractivity contribution is 9.12. The molecule has 0 saturated carbocycles. The van der Waals surface area contributed by atoms with E-state index in [1.807, 2.05) is 0 Å². The summed E-state index contributed by atoms with van der Waals surface area (Å²) in [5.74, 6) is -1.79. The molecule has 0 aliphatic heterocycles. The maximum Gasteiger partial charge on any atom is 0.416 e. The fourth-order valence-corrected chi connectivity index (χ4v) is 4.31. The van der Waals surface area contributed by atoms with Gasteiger partial charge >= 0.3 is 6.18 Å². The molecule has 0 fully saturated rings. The molecule has 0 N–H and O–H groups in total. The molecule has 0 bridgehead atoms. The van der Waals surface area contributed by atoms with Crippen molar-refractivity contribution in [2.75, 3.05) is 0 Å². The first-order chi connectivity index (χ1) is 9.20. The Morgan fingerprint density at radius 3 is 2.25 bits per heavy atom. The van der Waals surface area contributed by atoms with Gasteiger partial charge in [-0.25, -0.2) is 4.39 Å². The number of hydrogen-bond acceptors (Lipinski definition) is 2. The number of thiophene rings is 1. The van der Waals surface area contributed by atoms with Crippen LogP contribution in [0.1, 0.15) is 21.5 Å². The number of carbonyl (C=O) groups is 1. The summed E-state index contributed by atoms with van der Waals surface area (Å²) in [5, 5.41) is 0. The van der Waals surface area contributed by atoms with E-state index < -0.39 is 28.9 Å². The number of hydrogen-bond donors (Lipinski definition) is 0. The molecule has 1 aromatic carbocycles. The average molecular weight is 432 g/mol. The van der Waals surface area contributed by atoms with Crippen molar-refractivity contribution in [1.82, 2.24) is 0 Å². The predicted molar refractivity (Wildman–Crippen MR) is 74.6 cm³/mol. The summed E-state index contributed by atoms with van der Waals surface area (Å²) < 4.78 is 52.5. The predicted octanol–water partition coefficient (Wildman–Crippen LogP) is 5.66. The third kappa shape index (κ3) is 3.12. The third-order valence-electron chi connectivity index (χ3n) is 2.44. The summed E-state index contributed by atoms with van der Waals surface area (Å²) in [7, 11) is 0. The molecule has 0 aliphatic rings. The van der Waals surface area contributed by atoms with Crippen LogP contribution in [0.15, 0.2) is 31.8 Å². The molecule has 1 aromatic heterocycles. The standard InChI is InChI=1S/C12H4Br2F4OS/c13-9-4-7(11(14)20-9)10(19)6-3-5(12(16,17)18)1-2-8(6)15/h1-4H. The minimum absolute atomic E-state index is 0.111. The van der Waals surface area contributed by atoms with Crippen LogP contribution in [0.2, 0.25) is 0 Å². The molecule has 8 heteroatoms. The van der Waals surface area contributed by atoms with E-state index in [1.165, 1.54) is 17.4 Å². The van der Waals surface area contributed by atoms with Crippen molar-refractivity contribution in [2.24, 2.45) is 0 Å². The summed E-state index contributed by atoms with van der Waals surface area (Å²) in [6, 6.07) is 3.20. The smallest absolute Gasteiger partial charge is 0.288 e. The minimum atomic E-state index is -4.63. The van der Waals surface area contributed by atoms with Crippen LogP contribution in [-0.2, 0) is 6.18 Å². The molecule has 0 radical (unpaired) electrons. The molecule has 0 spiro atoms. The number of carbonyl (C=O) groups excluding carboxylic acids is 1. The maximum atomic E-state index is 13.6. The number of rotatable bonds is 2. The molecule has 0 unspecified atom stereocenters. The zero-order valence-corrected chi connectivity index (χ0v) is 13.4. The molecule has 0 atom stereocenters. The zero-order chi connectivity index (χ0) is 15.1. The van der Waals surface area contributed by atoms with Crippen LogP contribution in [0.4, 0.5) is 17.6 Å². The number of halogens is 6. The van der Waals surface area contributed by atoms with E-state index in [4.69, 9.17) is 0 Å². The van der Waals surface area contributed by atoms with Crippen LogP contribution in [0, 0.1) is 5.82 Å². The van der Waals surface area contributed by atoms with Crippen LogP contribution in [0.3, 0.4) is 0 Å². The van der Waals surface area contributed by atoms with E-state index in [0.717, 1.165) is 0 Å². The van der Waals surface area contributed by atoms with Crippen LogP contribution < -0.4 is 0 Å². The molecular formula is C12H4Br2F4OS. The Kier molecular flexibility index (Phi) is 4.36. The normalized spacial score (nSPS) is 11.7. The summed E-state index contributed by atoms with van der Waals surface area (Å²) in [6.45, 7) is 0. The molecule has 0 saturated heterocycles. The third-order valence-corrected chi connectivity index (χ3v) is 4.78.